The summed E-state index contributed by atoms with van der Waals surface area (Å²) in [6, 6.07) is 0. The molecule has 1 heterocycles. The third-order valence-corrected chi connectivity index (χ3v) is 2.22. The Labute approximate surface area is 96.0 Å². The number of aromatic nitrogens is 1. The Morgan fingerprint density at radius 2 is 2.19 bits per heavy atom. The average Bonchev–Trinajstić information content (AvgIpc) is 2.57. The third-order valence-electron chi connectivity index (χ3n) is 2.22. The predicted octanol–water partition coefficient (Wildman–Crippen LogP) is 2.75. The fraction of sp³-hybridized carbons (Fsp3) is 0.667. The van der Waals surface area contributed by atoms with Gasteiger partial charge >= 0.3 is 5.97 Å². The summed E-state index contributed by atoms with van der Waals surface area (Å²) in [6.45, 7) is 8.13. The van der Waals surface area contributed by atoms with Crippen molar-refractivity contribution >= 4 is 5.97 Å². The smallest absolute Gasteiger partial charge is 0.360 e. The molecule has 0 N–H and O–H groups in total. The molecule has 0 spiro atoms. The van der Waals surface area contributed by atoms with Crippen LogP contribution in [0.25, 0.3) is 0 Å². The van der Waals surface area contributed by atoms with Gasteiger partial charge in [-0.2, -0.15) is 0 Å². The summed E-state index contributed by atoms with van der Waals surface area (Å²) in [7, 11) is 0. The van der Waals surface area contributed by atoms with E-state index in [0.29, 0.717) is 29.9 Å². The highest BCUT2D eigenvalue weighted by Crippen LogP contribution is 2.16. The lowest BCUT2D eigenvalue weighted by atomic mass is 10.1. The molecule has 0 saturated carbocycles. The largest absolute Gasteiger partial charge is 0.461 e. The Kier molecular flexibility index (Phi) is 4.52. The minimum atomic E-state index is -0.391. The highest BCUT2D eigenvalue weighted by molar-refractivity contribution is 5.88. The van der Waals surface area contributed by atoms with E-state index >= 15 is 0 Å². The van der Waals surface area contributed by atoms with Gasteiger partial charge in [0.25, 0.3) is 0 Å². The lowest BCUT2D eigenvalue weighted by Crippen LogP contribution is -2.08. The Balaban J connectivity index is 2.78. The van der Waals surface area contributed by atoms with Gasteiger partial charge in [-0.15, -0.1) is 0 Å². The molecule has 4 heteroatoms. The number of aryl methyl sites for hydroxylation is 2. The summed E-state index contributed by atoms with van der Waals surface area (Å²) in [5.41, 5.74) is 0.333. The van der Waals surface area contributed by atoms with Gasteiger partial charge in [0.1, 0.15) is 5.76 Å². The number of carbonyl (C=O) groups is 1. The van der Waals surface area contributed by atoms with Gasteiger partial charge in [0, 0.05) is 13.3 Å². The quantitative estimate of drug-likeness (QED) is 0.723. The van der Waals surface area contributed by atoms with Crippen molar-refractivity contribution in [3.8, 4) is 0 Å². The zero-order valence-electron chi connectivity index (χ0n) is 10.4. The number of ether oxygens (including phenoxy) is 1. The first kappa shape index (κ1) is 12.7. The molecular weight excluding hydrogens is 206 g/mol. The number of oxazole rings is 1. The SMILES string of the molecule is CCOC(=O)c1nc(C)oc1CCC(C)C. The molecule has 0 aliphatic heterocycles. The maximum Gasteiger partial charge on any atom is 0.360 e. The second-order valence-electron chi connectivity index (χ2n) is 4.16. The van der Waals surface area contributed by atoms with Crippen LogP contribution in [0.4, 0.5) is 0 Å². The van der Waals surface area contributed by atoms with Crippen LogP contribution in [-0.2, 0) is 11.2 Å². The average molecular weight is 225 g/mol. The molecule has 0 aliphatic rings. The molecule has 1 aromatic rings. The van der Waals surface area contributed by atoms with Gasteiger partial charge in [-0.25, -0.2) is 9.78 Å². The molecule has 1 aromatic heterocycles. The van der Waals surface area contributed by atoms with Crippen molar-refractivity contribution < 1.29 is 13.9 Å². The van der Waals surface area contributed by atoms with Crippen LogP contribution in [0.2, 0.25) is 0 Å². The van der Waals surface area contributed by atoms with Crippen LogP contribution < -0.4 is 0 Å². The number of hydrogen-bond acceptors (Lipinski definition) is 4. The van der Waals surface area contributed by atoms with Gasteiger partial charge in [0.2, 0.25) is 0 Å². The molecule has 0 bridgehead atoms. The number of hydrogen-bond donors (Lipinski definition) is 0. The molecule has 0 fully saturated rings. The van der Waals surface area contributed by atoms with Crippen LogP contribution in [0.15, 0.2) is 4.42 Å². The van der Waals surface area contributed by atoms with E-state index in [4.69, 9.17) is 9.15 Å². The van der Waals surface area contributed by atoms with E-state index in [1.54, 1.807) is 13.8 Å². The minimum Gasteiger partial charge on any atom is -0.461 e. The zero-order valence-corrected chi connectivity index (χ0v) is 10.4. The van der Waals surface area contributed by atoms with Crippen molar-refractivity contribution in [2.75, 3.05) is 6.61 Å². The topological polar surface area (TPSA) is 52.3 Å². The van der Waals surface area contributed by atoms with E-state index in [1.807, 2.05) is 0 Å². The first-order valence-electron chi connectivity index (χ1n) is 5.68. The normalized spacial score (nSPS) is 10.8. The van der Waals surface area contributed by atoms with Gasteiger partial charge in [-0.05, 0) is 19.3 Å². The third kappa shape index (κ3) is 3.36. The number of carbonyl (C=O) groups excluding carboxylic acids is 1. The van der Waals surface area contributed by atoms with Gasteiger partial charge in [0.15, 0.2) is 11.6 Å². The predicted molar refractivity (Wildman–Crippen MR) is 60.4 cm³/mol. The maximum atomic E-state index is 11.6. The molecule has 0 amide bonds. The summed E-state index contributed by atoms with van der Waals surface area (Å²) < 4.78 is 10.3. The molecule has 16 heavy (non-hydrogen) atoms. The van der Waals surface area contributed by atoms with E-state index in [-0.39, 0.29) is 0 Å². The Bertz CT molecular complexity index is 355. The maximum absolute atomic E-state index is 11.6. The number of nitrogens with zero attached hydrogens (tertiary/aromatic N) is 1. The highest BCUT2D eigenvalue weighted by Gasteiger charge is 2.19. The lowest BCUT2D eigenvalue weighted by molar-refractivity contribution is 0.0517. The van der Waals surface area contributed by atoms with Crippen LogP contribution in [0.5, 0.6) is 0 Å². The monoisotopic (exact) mass is 225 g/mol. The van der Waals surface area contributed by atoms with Crippen molar-refractivity contribution in [2.24, 2.45) is 5.92 Å². The summed E-state index contributed by atoms with van der Waals surface area (Å²) >= 11 is 0. The van der Waals surface area contributed by atoms with Gasteiger partial charge in [-0.1, -0.05) is 13.8 Å². The summed E-state index contributed by atoms with van der Waals surface area (Å²) in [5, 5.41) is 0. The second kappa shape index (κ2) is 5.68. The van der Waals surface area contributed by atoms with Crippen molar-refractivity contribution in [2.45, 2.75) is 40.5 Å². The molecule has 4 nitrogen and oxygen atoms in total. The zero-order chi connectivity index (χ0) is 12.1. The van der Waals surface area contributed by atoms with E-state index in [1.165, 1.54) is 0 Å². The van der Waals surface area contributed by atoms with Crippen molar-refractivity contribution in [3.63, 3.8) is 0 Å². The molecular formula is C12H19NO3. The molecule has 0 atom stereocenters. The number of rotatable bonds is 5. The first-order chi connectivity index (χ1) is 7.54. The summed E-state index contributed by atoms with van der Waals surface area (Å²) in [4.78, 5) is 15.6. The van der Waals surface area contributed by atoms with Crippen molar-refractivity contribution in [1.29, 1.82) is 0 Å². The first-order valence-corrected chi connectivity index (χ1v) is 5.68. The standard InChI is InChI=1S/C12H19NO3/c1-5-15-12(14)11-10(7-6-8(2)3)16-9(4)13-11/h8H,5-7H2,1-4H3. The van der Waals surface area contributed by atoms with Gasteiger partial charge in [-0.3, -0.25) is 0 Å². The fourth-order valence-electron chi connectivity index (χ4n) is 1.42. The van der Waals surface area contributed by atoms with Crippen molar-refractivity contribution in [1.82, 2.24) is 4.98 Å². The molecule has 0 saturated heterocycles. The molecule has 0 unspecified atom stereocenters. The van der Waals surface area contributed by atoms with E-state index in [0.717, 1.165) is 12.8 Å². The number of esters is 1. The highest BCUT2D eigenvalue weighted by atomic mass is 16.5. The van der Waals surface area contributed by atoms with Crippen LogP contribution in [0, 0.1) is 12.8 Å². The summed E-state index contributed by atoms with van der Waals surface area (Å²) in [5.74, 6) is 1.34. The second-order valence-corrected chi connectivity index (χ2v) is 4.16. The van der Waals surface area contributed by atoms with Gasteiger partial charge < -0.3 is 9.15 Å². The van der Waals surface area contributed by atoms with Crippen molar-refractivity contribution in [3.05, 3.63) is 17.3 Å². The van der Waals surface area contributed by atoms with Gasteiger partial charge in [0.05, 0.1) is 6.61 Å². The van der Waals surface area contributed by atoms with E-state index < -0.39 is 5.97 Å². The Hall–Kier alpha value is -1.32. The summed E-state index contributed by atoms with van der Waals surface area (Å²) in [6.07, 6.45) is 1.70. The molecule has 1 rings (SSSR count). The van der Waals surface area contributed by atoms with Crippen LogP contribution in [0.1, 0.15) is 49.3 Å². The Morgan fingerprint density at radius 3 is 2.75 bits per heavy atom. The lowest BCUT2D eigenvalue weighted by Gasteiger charge is -2.03. The fourth-order valence-corrected chi connectivity index (χ4v) is 1.42. The van der Waals surface area contributed by atoms with Crippen LogP contribution in [0.3, 0.4) is 0 Å². The molecule has 0 aliphatic carbocycles. The van der Waals surface area contributed by atoms with E-state index in [2.05, 4.69) is 18.8 Å². The van der Waals surface area contributed by atoms with Crippen LogP contribution in [-0.4, -0.2) is 17.6 Å². The minimum absolute atomic E-state index is 0.333. The van der Waals surface area contributed by atoms with E-state index in [9.17, 15) is 4.79 Å². The Morgan fingerprint density at radius 1 is 1.50 bits per heavy atom. The van der Waals surface area contributed by atoms with Crippen LogP contribution >= 0.6 is 0 Å². The molecule has 90 valence electrons. The molecule has 0 radical (unpaired) electrons. The molecule has 0 aromatic carbocycles.